The summed E-state index contributed by atoms with van der Waals surface area (Å²) in [5.41, 5.74) is 0. The fourth-order valence-electron chi connectivity index (χ4n) is 3.15. The number of nitrogens with zero attached hydrogens (tertiary/aromatic N) is 1. The molecule has 1 aliphatic heterocycles. The highest BCUT2D eigenvalue weighted by Gasteiger charge is 2.23. The Morgan fingerprint density at radius 3 is 2.56 bits per heavy atom. The average molecular weight is 342 g/mol. The van der Waals surface area contributed by atoms with Gasteiger partial charge in [-0.05, 0) is 11.5 Å². The minimum absolute atomic E-state index is 0.0163. The molecule has 1 amide bonds. The largest absolute Gasteiger partial charge is 0.550 e. The molecule has 0 saturated carbocycles. The number of ether oxygens (including phenoxy) is 1. The third-order valence-corrected chi connectivity index (χ3v) is 4.61. The van der Waals surface area contributed by atoms with E-state index in [0.717, 1.165) is 23.9 Å². The number of hydrogen-bond donors (Lipinski definition) is 1. The summed E-state index contributed by atoms with van der Waals surface area (Å²) in [4.78, 5) is 25.9. The van der Waals surface area contributed by atoms with E-state index < -0.39 is 5.97 Å². The lowest BCUT2D eigenvalue weighted by Crippen LogP contribution is -3.15. The molecule has 0 aromatic heterocycles. The minimum atomic E-state index is -1.02. The second-order valence-corrected chi connectivity index (χ2v) is 6.27. The fraction of sp³-hybridized carbons (Fsp3) is 0.368. The van der Waals surface area contributed by atoms with Crippen LogP contribution >= 0.6 is 0 Å². The summed E-state index contributed by atoms with van der Waals surface area (Å²) in [7, 11) is 0. The van der Waals surface area contributed by atoms with E-state index in [4.69, 9.17) is 4.74 Å². The number of carboxylic acids is 1. The second kappa shape index (κ2) is 7.98. The Morgan fingerprint density at radius 1 is 1.08 bits per heavy atom. The summed E-state index contributed by atoms with van der Waals surface area (Å²) in [6.07, 6.45) is 0.0630. The number of aliphatic carboxylic acids is 1. The third kappa shape index (κ3) is 4.48. The first-order chi connectivity index (χ1) is 12.1. The van der Waals surface area contributed by atoms with Crippen LogP contribution in [0, 0.1) is 0 Å². The van der Waals surface area contributed by atoms with Crippen molar-refractivity contribution in [1.29, 1.82) is 0 Å². The smallest absolute Gasteiger partial charge is 0.260 e. The summed E-state index contributed by atoms with van der Waals surface area (Å²) in [5, 5.41) is 12.6. The van der Waals surface area contributed by atoms with Crippen molar-refractivity contribution < 1.29 is 24.3 Å². The number of quaternary nitrogens is 1. The summed E-state index contributed by atoms with van der Waals surface area (Å²) in [6.45, 7) is 3.33. The number of amides is 1. The molecule has 132 valence electrons. The van der Waals surface area contributed by atoms with Gasteiger partial charge in [0.15, 0.2) is 6.61 Å². The maximum Gasteiger partial charge on any atom is 0.260 e. The minimum Gasteiger partial charge on any atom is -0.550 e. The number of nitrogens with one attached hydrogen (secondary N) is 1. The van der Waals surface area contributed by atoms with Crippen molar-refractivity contribution in [3.8, 4) is 5.75 Å². The molecule has 1 N–H and O–H groups in total. The molecule has 0 aliphatic carbocycles. The number of rotatable bonds is 6. The first kappa shape index (κ1) is 17.2. The van der Waals surface area contributed by atoms with E-state index in [9.17, 15) is 14.7 Å². The van der Waals surface area contributed by atoms with Crippen molar-refractivity contribution in [2.45, 2.75) is 6.42 Å². The lowest BCUT2D eigenvalue weighted by atomic mass is 10.1. The Labute approximate surface area is 146 Å². The van der Waals surface area contributed by atoms with Crippen LogP contribution in [0.1, 0.15) is 6.42 Å². The predicted octanol–water partition coefficient (Wildman–Crippen LogP) is -0.914. The van der Waals surface area contributed by atoms with Crippen molar-refractivity contribution in [3.05, 3.63) is 42.5 Å². The van der Waals surface area contributed by atoms with E-state index in [1.165, 1.54) is 4.90 Å². The molecular formula is C19H22N2O4. The Kier molecular flexibility index (Phi) is 5.50. The van der Waals surface area contributed by atoms with Crippen LogP contribution in [0.2, 0.25) is 0 Å². The normalized spacial score (nSPS) is 15.3. The zero-order valence-corrected chi connectivity index (χ0v) is 14.1. The van der Waals surface area contributed by atoms with Gasteiger partial charge < -0.3 is 24.4 Å². The van der Waals surface area contributed by atoms with E-state index in [1.807, 2.05) is 42.5 Å². The monoisotopic (exact) mass is 342 g/mol. The van der Waals surface area contributed by atoms with Gasteiger partial charge in [0.1, 0.15) is 5.75 Å². The highest BCUT2D eigenvalue weighted by Crippen LogP contribution is 2.25. The highest BCUT2D eigenvalue weighted by molar-refractivity contribution is 5.88. The number of piperazine rings is 1. The summed E-state index contributed by atoms with van der Waals surface area (Å²) in [5.74, 6) is -0.342. The van der Waals surface area contributed by atoms with Crippen LogP contribution in [0.25, 0.3) is 10.8 Å². The van der Waals surface area contributed by atoms with Crippen molar-refractivity contribution in [2.24, 2.45) is 0 Å². The van der Waals surface area contributed by atoms with Gasteiger partial charge in [0.2, 0.25) is 0 Å². The molecule has 1 saturated heterocycles. The van der Waals surface area contributed by atoms with Gasteiger partial charge in [0.25, 0.3) is 5.91 Å². The van der Waals surface area contributed by atoms with Gasteiger partial charge in [-0.25, -0.2) is 0 Å². The van der Waals surface area contributed by atoms with E-state index in [-0.39, 0.29) is 18.9 Å². The molecule has 0 bridgehead atoms. The molecule has 0 unspecified atom stereocenters. The van der Waals surface area contributed by atoms with Crippen LogP contribution in [0.4, 0.5) is 0 Å². The maximum absolute atomic E-state index is 12.4. The van der Waals surface area contributed by atoms with Gasteiger partial charge in [-0.2, -0.15) is 0 Å². The van der Waals surface area contributed by atoms with Gasteiger partial charge in [-0.15, -0.1) is 0 Å². The van der Waals surface area contributed by atoms with Crippen molar-refractivity contribution >= 4 is 22.6 Å². The molecule has 1 heterocycles. The summed E-state index contributed by atoms with van der Waals surface area (Å²) >= 11 is 0. The van der Waals surface area contributed by atoms with Gasteiger partial charge in [-0.1, -0.05) is 36.4 Å². The van der Waals surface area contributed by atoms with Crippen LogP contribution in [0.15, 0.2) is 42.5 Å². The highest BCUT2D eigenvalue weighted by atomic mass is 16.5. The summed E-state index contributed by atoms with van der Waals surface area (Å²) < 4.78 is 5.76. The number of benzene rings is 2. The van der Waals surface area contributed by atoms with Crippen molar-refractivity contribution in [3.63, 3.8) is 0 Å². The van der Waals surface area contributed by atoms with Crippen LogP contribution in [0.3, 0.4) is 0 Å². The fourth-order valence-corrected chi connectivity index (χ4v) is 3.15. The lowest BCUT2D eigenvalue weighted by Gasteiger charge is -2.32. The Bertz CT molecular complexity index is 749. The predicted molar refractivity (Wildman–Crippen MR) is 91.2 cm³/mol. The molecule has 2 aromatic carbocycles. The topological polar surface area (TPSA) is 74.1 Å². The van der Waals surface area contributed by atoms with Crippen molar-refractivity contribution in [2.75, 3.05) is 39.3 Å². The molecule has 0 spiro atoms. The molecule has 1 aliphatic rings. The second-order valence-electron chi connectivity index (χ2n) is 6.27. The van der Waals surface area contributed by atoms with E-state index in [1.54, 1.807) is 4.90 Å². The third-order valence-electron chi connectivity index (χ3n) is 4.61. The van der Waals surface area contributed by atoms with Gasteiger partial charge >= 0.3 is 0 Å². The SMILES string of the molecule is O=C([O-])CC[NH+]1CCN(C(=O)COc2cccc3ccccc23)CC1. The lowest BCUT2D eigenvalue weighted by molar-refractivity contribution is -0.903. The number of hydrogen-bond acceptors (Lipinski definition) is 4. The maximum atomic E-state index is 12.4. The molecule has 2 aromatic rings. The average Bonchev–Trinajstić information content (AvgIpc) is 2.64. The number of carboxylic acid groups (broad SMARTS) is 1. The quantitative estimate of drug-likeness (QED) is 0.737. The van der Waals surface area contributed by atoms with Crippen molar-refractivity contribution in [1.82, 2.24) is 4.90 Å². The van der Waals surface area contributed by atoms with E-state index in [2.05, 4.69) is 0 Å². The number of carbonyl (C=O) groups excluding carboxylic acids is 2. The van der Waals surface area contributed by atoms with Crippen LogP contribution in [0.5, 0.6) is 5.75 Å². The van der Waals surface area contributed by atoms with E-state index >= 15 is 0 Å². The molecule has 1 fully saturated rings. The van der Waals surface area contributed by atoms with E-state index in [0.29, 0.717) is 25.4 Å². The number of fused-ring (bicyclic) bond motifs is 1. The van der Waals surface area contributed by atoms with Crippen LogP contribution in [-0.2, 0) is 9.59 Å². The zero-order valence-electron chi connectivity index (χ0n) is 14.1. The van der Waals surface area contributed by atoms with Crippen LogP contribution < -0.4 is 14.7 Å². The van der Waals surface area contributed by atoms with Gasteiger partial charge in [-0.3, -0.25) is 4.79 Å². The zero-order chi connectivity index (χ0) is 17.6. The molecule has 0 atom stereocenters. The standard InChI is InChI=1S/C19H22N2O4/c22-18(21-12-10-20(11-13-21)9-8-19(23)24)14-25-17-7-3-5-15-4-1-2-6-16(15)17/h1-7H,8-14H2,(H,23,24). The molecule has 6 heteroatoms. The molecular weight excluding hydrogens is 320 g/mol. The van der Waals surface area contributed by atoms with Crippen LogP contribution in [-0.4, -0.2) is 56.1 Å². The Balaban J connectivity index is 1.51. The Hall–Kier alpha value is -2.60. The molecule has 0 radical (unpaired) electrons. The number of carbonyl (C=O) groups is 2. The first-order valence-electron chi connectivity index (χ1n) is 8.55. The molecule has 3 rings (SSSR count). The first-order valence-corrected chi connectivity index (χ1v) is 8.55. The summed E-state index contributed by atoms with van der Waals surface area (Å²) in [6, 6.07) is 13.7. The Morgan fingerprint density at radius 2 is 1.80 bits per heavy atom. The molecule has 6 nitrogen and oxygen atoms in total. The van der Waals surface area contributed by atoms with Gasteiger partial charge in [0, 0.05) is 17.8 Å². The van der Waals surface area contributed by atoms with Gasteiger partial charge in [0.05, 0.1) is 32.7 Å². The molecule has 25 heavy (non-hydrogen) atoms.